The van der Waals surface area contributed by atoms with Crippen LogP contribution < -0.4 is 24.5 Å². The molecule has 1 atom stereocenters. The number of hydrogen-bond acceptors (Lipinski definition) is 8. The number of para-hydroxylation sites is 2. The van der Waals surface area contributed by atoms with E-state index < -0.39 is 12.0 Å². The average molecular weight is 598 g/mol. The molecule has 2 aliphatic heterocycles. The average Bonchev–Trinajstić information content (AvgIpc) is 3.30. The van der Waals surface area contributed by atoms with E-state index in [-0.39, 0.29) is 12.2 Å². The van der Waals surface area contributed by atoms with Crippen LogP contribution in [0.2, 0.25) is 0 Å². The van der Waals surface area contributed by atoms with E-state index in [4.69, 9.17) is 14.5 Å². The molecule has 7 nitrogen and oxygen atoms in total. The summed E-state index contributed by atoms with van der Waals surface area (Å²) in [5, 5.41) is 0. The van der Waals surface area contributed by atoms with Crippen LogP contribution in [0.1, 0.15) is 43.9 Å². The standard InChI is InChI=1S/C33H31N3O4S2/c1-5-11-22-29(32(38)40-6-2)30(21-12-7-9-14-25(21)39-4)36-31(37)28(42-33(36)34-22)19-20-16-17-24-27(18-20)41-26-15-10-8-13-23(26)35(24)3/h7-10,12-19,30H,5-6,11H2,1-4H3/b28-19+/t30-/m0/s1. The number of hydrogen-bond donors (Lipinski definition) is 0. The van der Waals surface area contributed by atoms with Crippen LogP contribution in [0, 0.1) is 0 Å². The van der Waals surface area contributed by atoms with Crippen molar-refractivity contribution >= 4 is 46.5 Å². The van der Waals surface area contributed by atoms with Crippen LogP contribution in [-0.4, -0.2) is 31.3 Å². The van der Waals surface area contributed by atoms with E-state index in [2.05, 4.69) is 36.2 Å². The van der Waals surface area contributed by atoms with Gasteiger partial charge >= 0.3 is 5.97 Å². The number of nitrogens with zero attached hydrogens (tertiary/aromatic N) is 3. The van der Waals surface area contributed by atoms with E-state index in [9.17, 15) is 9.59 Å². The summed E-state index contributed by atoms with van der Waals surface area (Å²) >= 11 is 3.06. The fourth-order valence-electron chi connectivity index (χ4n) is 5.51. The van der Waals surface area contributed by atoms with Crippen LogP contribution >= 0.6 is 23.1 Å². The zero-order valence-corrected chi connectivity index (χ0v) is 25.6. The number of carbonyl (C=O) groups excluding carboxylic acids is 1. The Kier molecular flexibility index (Phi) is 7.79. The Hall–Kier alpha value is -4.08. The number of thiazole rings is 1. The quantitative estimate of drug-likeness (QED) is 0.250. The van der Waals surface area contributed by atoms with Gasteiger partial charge in [0.15, 0.2) is 4.80 Å². The first-order valence-corrected chi connectivity index (χ1v) is 15.6. The molecule has 0 bridgehead atoms. The van der Waals surface area contributed by atoms with Gasteiger partial charge in [0.2, 0.25) is 0 Å². The van der Waals surface area contributed by atoms with Crippen LogP contribution in [0.5, 0.6) is 5.75 Å². The first-order chi connectivity index (χ1) is 20.4. The lowest BCUT2D eigenvalue weighted by molar-refractivity contribution is -0.139. The first kappa shape index (κ1) is 28.1. The molecule has 0 radical (unpaired) electrons. The van der Waals surface area contributed by atoms with Gasteiger partial charge in [-0.15, -0.1) is 0 Å². The molecule has 214 valence electrons. The van der Waals surface area contributed by atoms with Crippen LogP contribution in [0.15, 0.2) is 97.6 Å². The number of benzene rings is 3. The van der Waals surface area contributed by atoms with Crippen LogP contribution in [0.3, 0.4) is 0 Å². The highest BCUT2D eigenvalue weighted by Gasteiger charge is 2.35. The lowest BCUT2D eigenvalue weighted by Crippen LogP contribution is -2.40. The predicted octanol–water partition coefficient (Wildman–Crippen LogP) is 5.82. The van der Waals surface area contributed by atoms with Gasteiger partial charge in [0.25, 0.3) is 5.56 Å². The monoisotopic (exact) mass is 597 g/mol. The van der Waals surface area contributed by atoms with Crippen molar-refractivity contribution in [3.63, 3.8) is 0 Å². The van der Waals surface area contributed by atoms with Crippen molar-refractivity contribution < 1.29 is 14.3 Å². The SMILES string of the molecule is CCCC1=C(C(=O)OCC)[C@H](c2ccccc2OC)n2c(s/c(=C/c3ccc4c(c3)Sc3ccccc3N4C)c2=O)=N1. The minimum absolute atomic E-state index is 0.208. The van der Waals surface area contributed by atoms with Crippen molar-refractivity contribution in [1.29, 1.82) is 0 Å². The fraction of sp³-hybridized carbons (Fsp3) is 0.242. The van der Waals surface area contributed by atoms with Gasteiger partial charge in [0, 0.05) is 22.4 Å². The molecule has 0 amide bonds. The summed E-state index contributed by atoms with van der Waals surface area (Å²) < 4.78 is 13.4. The van der Waals surface area contributed by atoms with Gasteiger partial charge in [-0.25, -0.2) is 9.79 Å². The summed E-state index contributed by atoms with van der Waals surface area (Å²) in [6, 6.07) is 21.4. The third kappa shape index (κ3) is 4.86. The first-order valence-electron chi connectivity index (χ1n) is 13.9. The molecular weight excluding hydrogens is 567 g/mol. The highest BCUT2D eigenvalue weighted by Crippen LogP contribution is 2.47. The van der Waals surface area contributed by atoms with Gasteiger partial charge in [-0.2, -0.15) is 0 Å². The lowest BCUT2D eigenvalue weighted by Gasteiger charge is -2.29. The molecule has 6 rings (SSSR count). The summed E-state index contributed by atoms with van der Waals surface area (Å²) in [6.45, 7) is 4.04. The molecule has 0 aliphatic carbocycles. The molecule has 3 heterocycles. The fourth-order valence-corrected chi connectivity index (χ4v) is 7.72. The van der Waals surface area contributed by atoms with E-state index in [1.807, 2.05) is 55.5 Å². The highest BCUT2D eigenvalue weighted by atomic mass is 32.2. The second-order valence-electron chi connectivity index (χ2n) is 10.0. The molecule has 0 saturated carbocycles. The summed E-state index contributed by atoms with van der Waals surface area (Å²) in [7, 11) is 3.66. The Morgan fingerprint density at radius 3 is 2.57 bits per heavy atom. The Labute approximate surface area is 252 Å². The second-order valence-corrected chi connectivity index (χ2v) is 12.1. The number of ether oxygens (including phenoxy) is 2. The number of allylic oxidation sites excluding steroid dienone is 1. The van der Waals surface area contributed by atoms with Crippen molar-refractivity contribution in [2.24, 2.45) is 4.99 Å². The van der Waals surface area contributed by atoms with E-state index in [1.165, 1.54) is 21.9 Å². The predicted molar refractivity (Wildman–Crippen MR) is 168 cm³/mol. The molecule has 0 fully saturated rings. The van der Waals surface area contributed by atoms with Crippen molar-refractivity contribution in [3.8, 4) is 5.75 Å². The minimum atomic E-state index is -0.718. The van der Waals surface area contributed by atoms with E-state index >= 15 is 0 Å². The maximum Gasteiger partial charge on any atom is 0.338 e. The molecule has 3 aromatic carbocycles. The Morgan fingerprint density at radius 1 is 1.02 bits per heavy atom. The Balaban J connectivity index is 1.52. The molecule has 4 aromatic rings. The number of fused-ring (bicyclic) bond motifs is 3. The zero-order valence-electron chi connectivity index (χ0n) is 23.9. The number of methoxy groups -OCH3 is 1. The second kappa shape index (κ2) is 11.7. The number of anilines is 2. The van der Waals surface area contributed by atoms with Crippen LogP contribution in [-0.2, 0) is 9.53 Å². The molecule has 0 unspecified atom stereocenters. The third-order valence-electron chi connectivity index (χ3n) is 7.42. The van der Waals surface area contributed by atoms with Gasteiger partial charge in [-0.05, 0) is 55.3 Å². The summed E-state index contributed by atoms with van der Waals surface area (Å²) in [6.07, 6.45) is 3.29. The normalized spacial score (nSPS) is 16.0. The van der Waals surface area contributed by atoms with E-state index in [0.717, 1.165) is 22.6 Å². The van der Waals surface area contributed by atoms with Crippen molar-refractivity contribution in [3.05, 3.63) is 109 Å². The molecule has 2 aliphatic rings. The van der Waals surface area contributed by atoms with Crippen LogP contribution in [0.4, 0.5) is 11.4 Å². The van der Waals surface area contributed by atoms with Crippen molar-refractivity contribution in [2.45, 2.75) is 42.5 Å². The molecule has 1 aromatic heterocycles. The molecule has 0 spiro atoms. The van der Waals surface area contributed by atoms with Gasteiger partial charge in [0.1, 0.15) is 11.8 Å². The number of aromatic nitrogens is 1. The number of rotatable bonds is 7. The lowest BCUT2D eigenvalue weighted by atomic mass is 9.93. The summed E-state index contributed by atoms with van der Waals surface area (Å²) in [5.74, 6) is 0.124. The maximum absolute atomic E-state index is 14.1. The maximum atomic E-state index is 14.1. The molecule has 0 saturated heterocycles. The summed E-state index contributed by atoms with van der Waals surface area (Å²) in [5.41, 5.74) is 4.75. The number of esters is 1. The van der Waals surface area contributed by atoms with Gasteiger partial charge < -0.3 is 14.4 Å². The number of carbonyl (C=O) groups is 1. The molecule has 0 N–H and O–H groups in total. The van der Waals surface area contributed by atoms with Gasteiger partial charge in [0.05, 0.1) is 40.9 Å². The van der Waals surface area contributed by atoms with E-state index in [1.54, 1.807) is 30.4 Å². The minimum Gasteiger partial charge on any atom is -0.496 e. The zero-order chi connectivity index (χ0) is 29.4. The van der Waals surface area contributed by atoms with Gasteiger partial charge in [-0.3, -0.25) is 9.36 Å². The highest BCUT2D eigenvalue weighted by molar-refractivity contribution is 7.99. The van der Waals surface area contributed by atoms with E-state index in [0.29, 0.717) is 38.3 Å². The third-order valence-corrected chi connectivity index (χ3v) is 9.51. The smallest absolute Gasteiger partial charge is 0.338 e. The van der Waals surface area contributed by atoms with Crippen molar-refractivity contribution in [1.82, 2.24) is 4.57 Å². The molecule has 42 heavy (non-hydrogen) atoms. The van der Waals surface area contributed by atoms with Crippen LogP contribution in [0.25, 0.3) is 6.08 Å². The van der Waals surface area contributed by atoms with Crippen molar-refractivity contribution in [2.75, 3.05) is 25.7 Å². The topological polar surface area (TPSA) is 73.1 Å². The summed E-state index contributed by atoms with van der Waals surface area (Å²) in [4.78, 5) is 37.5. The Morgan fingerprint density at radius 2 is 1.79 bits per heavy atom. The molecule has 9 heteroatoms. The Bertz CT molecular complexity index is 1910. The van der Waals surface area contributed by atoms with Gasteiger partial charge in [-0.1, -0.05) is 72.8 Å². The molecular formula is C33H31N3O4S2. The largest absolute Gasteiger partial charge is 0.496 e.